The monoisotopic (exact) mass is 244 g/mol. The van der Waals surface area contributed by atoms with Crippen molar-refractivity contribution in [3.05, 3.63) is 42.5 Å². The molecule has 2 aromatic rings. The second-order valence-electron chi connectivity index (χ2n) is 3.70. The van der Waals surface area contributed by atoms with Crippen LogP contribution in [0.1, 0.15) is 6.92 Å². The second kappa shape index (κ2) is 4.93. The summed E-state index contributed by atoms with van der Waals surface area (Å²) in [5.74, 6) is -0.178. The number of benzene rings is 2. The maximum Gasteiger partial charge on any atom is 0.222 e. The van der Waals surface area contributed by atoms with E-state index >= 15 is 0 Å². The van der Waals surface area contributed by atoms with Gasteiger partial charge in [-0.3, -0.25) is 4.79 Å². The van der Waals surface area contributed by atoms with Crippen LogP contribution in [0.25, 0.3) is 10.8 Å². The lowest BCUT2D eigenvalue weighted by Gasteiger charge is -2.08. The van der Waals surface area contributed by atoms with Crippen molar-refractivity contribution in [3.8, 4) is 0 Å². The maximum atomic E-state index is 10.8. The first-order chi connectivity index (χ1) is 8.15. The summed E-state index contributed by atoms with van der Waals surface area (Å²) in [6, 6.07) is 14.0. The summed E-state index contributed by atoms with van der Waals surface area (Å²) in [4.78, 5) is 10.8. The molecule has 0 fully saturated rings. The molecule has 0 saturated heterocycles. The van der Waals surface area contributed by atoms with E-state index in [-0.39, 0.29) is 5.91 Å². The number of hydrogen-bond acceptors (Lipinski definition) is 2. The van der Waals surface area contributed by atoms with Crippen LogP contribution in [0.5, 0.6) is 0 Å². The quantitative estimate of drug-likeness (QED) is 0.758. The summed E-state index contributed by atoms with van der Waals surface area (Å²) >= 11 is 4.99. The maximum absolute atomic E-state index is 10.8. The predicted octanol–water partition coefficient (Wildman–Crippen LogP) is 2.67. The molecule has 0 aliphatic heterocycles. The van der Waals surface area contributed by atoms with Crippen LogP contribution in [0.4, 0.5) is 5.69 Å². The number of rotatable bonds is 1. The van der Waals surface area contributed by atoms with Crippen LogP contribution in [0.15, 0.2) is 42.5 Å². The van der Waals surface area contributed by atoms with Crippen LogP contribution in [0.3, 0.4) is 0 Å². The molecule has 0 aliphatic carbocycles. The first-order valence-electron chi connectivity index (χ1n) is 5.22. The number of nitrogens with one attached hydrogen (secondary N) is 2. The molecule has 0 bridgehead atoms. The summed E-state index contributed by atoms with van der Waals surface area (Å²) in [7, 11) is 0. The van der Waals surface area contributed by atoms with Crippen LogP contribution >= 0.6 is 12.2 Å². The number of hydrogen-bond donors (Lipinski definition) is 2. The number of anilines is 1. The van der Waals surface area contributed by atoms with Gasteiger partial charge in [0, 0.05) is 12.6 Å². The molecule has 2 rings (SSSR count). The molecule has 0 saturated carbocycles. The third-order valence-electron chi connectivity index (χ3n) is 2.30. The summed E-state index contributed by atoms with van der Waals surface area (Å²) < 4.78 is 0. The Morgan fingerprint density at radius 3 is 2.53 bits per heavy atom. The van der Waals surface area contributed by atoms with E-state index in [9.17, 15) is 4.79 Å². The second-order valence-corrected chi connectivity index (χ2v) is 4.11. The number of fused-ring (bicyclic) bond motifs is 1. The summed E-state index contributed by atoms with van der Waals surface area (Å²) in [5, 5.41) is 8.10. The van der Waals surface area contributed by atoms with E-state index in [1.54, 1.807) is 0 Å². The highest BCUT2D eigenvalue weighted by molar-refractivity contribution is 7.80. The number of carbonyl (C=O) groups is 1. The Bertz CT molecular complexity index is 580. The summed E-state index contributed by atoms with van der Waals surface area (Å²) in [6.07, 6.45) is 0. The highest BCUT2D eigenvalue weighted by atomic mass is 32.1. The zero-order valence-electron chi connectivity index (χ0n) is 9.36. The topological polar surface area (TPSA) is 41.1 Å². The van der Waals surface area contributed by atoms with E-state index in [2.05, 4.69) is 10.6 Å². The van der Waals surface area contributed by atoms with Crippen LogP contribution in [-0.4, -0.2) is 11.0 Å². The lowest BCUT2D eigenvalue weighted by molar-refractivity contribution is -0.117. The minimum atomic E-state index is -0.178. The molecule has 86 valence electrons. The largest absolute Gasteiger partial charge is 0.332 e. The summed E-state index contributed by atoms with van der Waals surface area (Å²) in [6.45, 7) is 1.42. The highest BCUT2D eigenvalue weighted by Gasteiger charge is 2.00. The van der Waals surface area contributed by atoms with Gasteiger partial charge in [-0.05, 0) is 35.1 Å². The van der Waals surface area contributed by atoms with Crippen LogP contribution in [-0.2, 0) is 4.79 Å². The van der Waals surface area contributed by atoms with Gasteiger partial charge >= 0.3 is 0 Å². The van der Waals surface area contributed by atoms with Crippen molar-refractivity contribution in [3.63, 3.8) is 0 Å². The van der Waals surface area contributed by atoms with E-state index < -0.39 is 0 Å². The molecule has 0 heterocycles. The third kappa shape index (κ3) is 3.01. The Morgan fingerprint density at radius 2 is 1.82 bits per heavy atom. The molecule has 0 aromatic heterocycles. The summed E-state index contributed by atoms with van der Waals surface area (Å²) in [5.41, 5.74) is 0.863. The minimum absolute atomic E-state index is 0.178. The average Bonchev–Trinajstić information content (AvgIpc) is 2.27. The van der Waals surface area contributed by atoms with Crippen molar-refractivity contribution in [1.82, 2.24) is 5.32 Å². The number of carbonyl (C=O) groups excluding carboxylic acids is 1. The van der Waals surface area contributed by atoms with Gasteiger partial charge in [-0.2, -0.15) is 0 Å². The molecular formula is C13H12N2OS. The van der Waals surface area contributed by atoms with Crippen LogP contribution < -0.4 is 10.6 Å². The molecule has 3 nitrogen and oxygen atoms in total. The Kier molecular flexibility index (Phi) is 3.35. The lowest BCUT2D eigenvalue weighted by atomic mass is 10.1. The molecule has 2 N–H and O–H groups in total. The zero-order chi connectivity index (χ0) is 12.3. The van der Waals surface area contributed by atoms with E-state index in [0.717, 1.165) is 11.1 Å². The highest BCUT2D eigenvalue weighted by Crippen LogP contribution is 2.18. The van der Waals surface area contributed by atoms with Gasteiger partial charge in [0.2, 0.25) is 5.91 Å². The Hall–Kier alpha value is -1.94. The van der Waals surface area contributed by atoms with Crippen molar-refractivity contribution in [2.45, 2.75) is 6.92 Å². The average molecular weight is 244 g/mol. The van der Waals surface area contributed by atoms with E-state index in [1.807, 2.05) is 42.5 Å². The molecule has 0 aliphatic rings. The molecule has 4 heteroatoms. The predicted molar refractivity (Wildman–Crippen MR) is 74.0 cm³/mol. The van der Waals surface area contributed by atoms with Gasteiger partial charge < -0.3 is 10.6 Å². The number of thiocarbonyl (C=S) groups is 1. The fraction of sp³-hybridized carbons (Fsp3) is 0.0769. The molecule has 2 aromatic carbocycles. The zero-order valence-corrected chi connectivity index (χ0v) is 10.2. The van der Waals surface area contributed by atoms with Gasteiger partial charge in [0.15, 0.2) is 5.11 Å². The van der Waals surface area contributed by atoms with E-state index in [1.165, 1.54) is 12.3 Å². The first-order valence-corrected chi connectivity index (χ1v) is 5.63. The molecule has 17 heavy (non-hydrogen) atoms. The minimum Gasteiger partial charge on any atom is -0.332 e. The van der Waals surface area contributed by atoms with Gasteiger partial charge in [0.05, 0.1) is 0 Å². The molecule has 0 unspecified atom stereocenters. The van der Waals surface area contributed by atoms with Gasteiger partial charge in [-0.15, -0.1) is 0 Å². The van der Waals surface area contributed by atoms with Crippen molar-refractivity contribution in [2.75, 3.05) is 5.32 Å². The molecule has 1 amide bonds. The SMILES string of the molecule is CC(=O)NC(=S)Nc1ccc2ccccc2c1. The van der Waals surface area contributed by atoms with Gasteiger partial charge in [-0.1, -0.05) is 30.3 Å². The fourth-order valence-corrected chi connectivity index (χ4v) is 1.85. The lowest BCUT2D eigenvalue weighted by Crippen LogP contribution is -2.32. The third-order valence-corrected chi connectivity index (χ3v) is 2.50. The Labute approximate surface area is 105 Å². The molecular weight excluding hydrogens is 232 g/mol. The van der Waals surface area contributed by atoms with Crippen LogP contribution in [0, 0.1) is 0 Å². The van der Waals surface area contributed by atoms with Crippen molar-refractivity contribution < 1.29 is 4.79 Å². The van der Waals surface area contributed by atoms with E-state index in [0.29, 0.717) is 5.11 Å². The van der Waals surface area contributed by atoms with Gasteiger partial charge in [0.25, 0.3) is 0 Å². The number of amides is 1. The molecule has 0 atom stereocenters. The van der Waals surface area contributed by atoms with Gasteiger partial charge in [0.1, 0.15) is 0 Å². The Morgan fingerprint density at radius 1 is 1.12 bits per heavy atom. The van der Waals surface area contributed by atoms with Crippen molar-refractivity contribution in [1.29, 1.82) is 0 Å². The normalized spacial score (nSPS) is 9.94. The van der Waals surface area contributed by atoms with Crippen molar-refractivity contribution in [2.24, 2.45) is 0 Å². The molecule has 0 radical (unpaired) electrons. The van der Waals surface area contributed by atoms with Crippen LogP contribution in [0.2, 0.25) is 0 Å². The van der Waals surface area contributed by atoms with Crippen molar-refractivity contribution >= 4 is 39.7 Å². The fourth-order valence-electron chi connectivity index (χ4n) is 1.59. The first kappa shape index (κ1) is 11.5. The standard InChI is InChI=1S/C13H12N2OS/c1-9(16)14-13(17)15-12-7-6-10-4-2-3-5-11(10)8-12/h2-8H,1H3,(H2,14,15,16,17). The van der Waals surface area contributed by atoms with Gasteiger partial charge in [-0.25, -0.2) is 0 Å². The smallest absolute Gasteiger partial charge is 0.222 e. The van der Waals surface area contributed by atoms with E-state index in [4.69, 9.17) is 12.2 Å². The Balaban J connectivity index is 2.19. The molecule has 0 spiro atoms.